The lowest BCUT2D eigenvalue weighted by Crippen LogP contribution is -2.49. The van der Waals surface area contributed by atoms with Crippen LogP contribution < -0.4 is 5.32 Å². The zero-order chi connectivity index (χ0) is 29.0. The molecule has 3 fully saturated rings. The Hall–Kier alpha value is -3.59. The fraction of sp³-hybridized carbons (Fsp3) is 0.500. The molecule has 9 heteroatoms. The second-order valence-corrected chi connectivity index (χ2v) is 12.4. The van der Waals surface area contributed by atoms with Crippen LogP contribution >= 0.6 is 0 Å². The Balaban J connectivity index is 1.29. The molecule has 8 nitrogen and oxygen atoms in total. The first kappa shape index (κ1) is 27.6. The van der Waals surface area contributed by atoms with Crippen LogP contribution in [0.3, 0.4) is 0 Å². The van der Waals surface area contributed by atoms with E-state index in [1.165, 1.54) is 12.1 Å². The minimum Gasteiger partial charge on any atom is -0.341 e. The summed E-state index contributed by atoms with van der Waals surface area (Å²) < 4.78 is 16.3. The highest BCUT2D eigenvalue weighted by Gasteiger charge is 2.52. The third-order valence-corrected chi connectivity index (χ3v) is 9.12. The predicted molar refractivity (Wildman–Crippen MR) is 154 cm³/mol. The van der Waals surface area contributed by atoms with E-state index in [4.69, 9.17) is 0 Å². The van der Waals surface area contributed by atoms with Gasteiger partial charge in [-0.05, 0) is 89.6 Å². The molecule has 3 atom stereocenters. The maximum atomic E-state index is 14.5. The Morgan fingerprint density at radius 3 is 2.41 bits per heavy atom. The van der Waals surface area contributed by atoms with Gasteiger partial charge in [0, 0.05) is 54.4 Å². The van der Waals surface area contributed by atoms with Gasteiger partial charge in [0.1, 0.15) is 5.82 Å². The van der Waals surface area contributed by atoms with Crippen LogP contribution in [0.4, 0.5) is 4.39 Å². The second-order valence-electron chi connectivity index (χ2n) is 12.4. The minimum atomic E-state index is -0.498. The first-order valence-electron chi connectivity index (χ1n) is 14.8. The zero-order valence-corrected chi connectivity index (χ0v) is 24.1. The van der Waals surface area contributed by atoms with Crippen LogP contribution in [0.2, 0.25) is 0 Å². The monoisotopic (exact) mass is 559 g/mol. The van der Waals surface area contributed by atoms with Crippen molar-refractivity contribution in [2.24, 2.45) is 17.8 Å². The molecule has 4 heterocycles. The molecule has 2 aliphatic heterocycles. The minimum absolute atomic E-state index is 0.0225. The van der Waals surface area contributed by atoms with Gasteiger partial charge in [0.25, 0.3) is 5.91 Å². The number of hydrogen-bond donors (Lipinski definition) is 1. The number of carbonyl (C=O) groups is 3. The number of benzene rings is 1. The lowest BCUT2D eigenvalue weighted by atomic mass is 9.88. The number of likely N-dealkylation sites (tertiary alicyclic amines) is 1. The van der Waals surface area contributed by atoms with Crippen molar-refractivity contribution in [2.75, 3.05) is 19.6 Å². The Morgan fingerprint density at radius 2 is 1.78 bits per heavy atom. The number of nitrogens with one attached hydrogen (secondary N) is 1. The molecular weight excluding hydrogens is 521 g/mol. The number of fused-ring (bicyclic) bond motifs is 2. The van der Waals surface area contributed by atoms with Crippen molar-refractivity contribution in [3.63, 3.8) is 0 Å². The lowest BCUT2D eigenvalue weighted by Gasteiger charge is -2.33. The Bertz CT molecular complexity index is 1500. The van der Waals surface area contributed by atoms with Crippen molar-refractivity contribution in [1.29, 1.82) is 0 Å². The molecule has 216 valence electrons. The normalized spacial score (nSPS) is 22.4. The molecule has 41 heavy (non-hydrogen) atoms. The van der Waals surface area contributed by atoms with Crippen LogP contribution in [0.15, 0.2) is 42.9 Å². The fourth-order valence-corrected chi connectivity index (χ4v) is 6.96. The number of ketones is 1. The van der Waals surface area contributed by atoms with Crippen LogP contribution in [0.5, 0.6) is 0 Å². The van der Waals surface area contributed by atoms with Crippen LogP contribution in [-0.2, 0) is 4.79 Å². The van der Waals surface area contributed by atoms with Crippen LogP contribution in [0.25, 0.3) is 16.6 Å². The summed E-state index contributed by atoms with van der Waals surface area (Å²) in [5.41, 5.74) is 1.97. The van der Waals surface area contributed by atoms with Gasteiger partial charge in [-0.15, -0.1) is 0 Å². The first-order chi connectivity index (χ1) is 19.7. The van der Waals surface area contributed by atoms with Gasteiger partial charge in [-0.2, -0.15) is 0 Å². The van der Waals surface area contributed by atoms with Gasteiger partial charge in [0.05, 0.1) is 29.0 Å². The molecule has 3 aromatic rings. The van der Waals surface area contributed by atoms with E-state index in [1.54, 1.807) is 34.1 Å². The fourth-order valence-electron chi connectivity index (χ4n) is 6.96. The number of hydrogen-bond acceptors (Lipinski definition) is 5. The number of amides is 2. The number of rotatable bonds is 7. The van der Waals surface area contributed by atoms with E-state index in [9.17, 15) is 18.8 Å². The average molecular weight is 560 g/mol. The molecule has 0 bridgehead atoms. The van der Waals surface area contributed by atoms with E-state index in [0.29, 0.717) is 54.5 Å². The topological polar surface area (TPSA) is 87.5 Å². The van der Waals surface area contributed by atoms with Crippen LogP contribution in [0.1, 0.15) is 67.7 Å². The van der Waals surface area contributed by atoms with E-state index >= 15 is 0 Å². The third kappa shape index (κ3) is 4.94. The predicted octanol–water partition coefficient (Wildman–Crippen LogP) is 4.45. The van der Waals surface area contributed by atoms with Gasteiger partial charge < -0.3 is 19.7 Å². The highest BCUT2D eigenvalue weighted by molar-refractivity contribution is 6.10. The number of pyridine rings is 1. The average Bonchev–Trinajstić information content (AvgIpc) is 3.44. The molecule has 0 unspecified atom stereocenters. The molecule has 6 rings (SSSR count). The number of halogens is 1. The SMILES string of the molecule is CC(C)N(C(=O)c1cc(F)ccc1-n1cc(C(=O)C2CCN(C(=O)[C@H]3NC[C@@H]4C[C@@H]43)CC2)c2ccncc21)C(C)C. The second kappa shape index (κ2) is 10.7. The van der Waals surface area contributed by atoms with Gasteiger partial charge in [-0.25, -0.2) is 4.39 Å². The summed E-state index contributed by atoms with van der Waals surface area (Å²) in [6, 6.07) is 5.80. The molecular formula is C32H38FN5O3. The molecule has 3 aliphatic rings. The molecule has 2 amide bonds. The Kier molecular flexibility index (Phi) is 7.18. The lowest BCUT2D eigenvalue weighted by molar-refractivity contribution is -0.134. The molecule has 1 aliphatic carbocycles. The smallest absolute Gasteiger partial charge is 0.256 e. The van der Waals surface area contributed by atoms with Gasteiger partial charge >= 0.3 is 0 Å². The van der Waals surface area contributed by atoms with Gasteiger partial charge in [-0.1, -0.05) is 0 Å². The summed E-state index contributed by atoms with van der Waals surface area (Å²) >= 11 is 0. The van der Waals surface area contributed by atoms with Crippen molar-refractivity contribution in [2.45, 2.75) is 65.1 Å². The summed E-state index contributed by atoms with van der Waals surface area (Å²) in [6.45, 7) is 9.83. The highest BCUT2D eigenvalue weighted by Crippen LogP contribution is 2.45. The van der Waals surface area contributed by atoms with E-state index < -0.39 is 5.82 Å². The summed E-state index contributed by atoms with van der Waals surface area (Å²) in [7, 11) is 0. The summed E-state index contributed by atoms with van der Waals surface area (Å²) in [6.07, 6.45) is 7.46. The van der Waals surface area contributed by atoms with E-state index in [-0.39, 0.29) is 47.2 Å². The largest absolute Gasteiger partial charge is 0.341 e. The summed E-state index contributed by atoms with van der Waals surface area (Å²) in [5.74, 6) is 0.367. The molecule has 0 radical (unpaired) electrons. The molecule has 0 spiro atoms. The molecule has 2 aromatic heterocycles. The standard InChI is InChI=1S/C32H38FN5O3/c1-18(2)38(19(3)4)31(40)25-14-22(33)5-6-27(25)37-17-26(23-7-10-34-16-28(23)37)30(39)20-8-11-36(12-9-20)32(41)29-24-13-21(24)15-35-29/h5-7,10,14,16-21,24,29,35H,8-9,11-13,15H2,1-4H3/t21-,24-,29-/m0/s1. The quantitative estimate of drug-likeness (QED) is 0.432. The highest BCUT2D eigenvalue weighted by atomic mass is 19.1. The van der Waals surface area contributed by atoms with E-state index in [1.807, 2.05) is 38.7 Å². The maximum absolute atomic E-state index is 14.5. The molecule has 1 aromatic carbocycles. The summed E-state index contributed by atoms with van der Waals surface area (Å²) in [4.78, 5) is 48.7. The molecule has 1 N–H and O–H groups in total. The van der Waals surface area contributed by atoms with Crippen molar-refractivity contribution in [3.05, 3.63) is 59.8 Å². The van der Waals surface area contributed by atoms with Crippen molar-refractivity contribution >= 4 is 28.5 Å². The maximum Gasteiger partial charge on any atom is 0.256 e. The van der Waals surface area contributed by atoms with E-state index in [2.05, 4.69) is 10.3 Å². The number of Topliss-reactive ketones (excluding diaryl/α,β-unsaturated/α-hetero) is 1. The van der Waals surface area contributed by atoms with Gasteiger partial charge in [-0.3, -0.25) is 19.4 Å². The Morgan fingerprint density at radius 1 is 1.05 bits per heavy atom. The first-order valence-corrected chi connectivity index (χ1v) is 14.8. The Labute approximate surface area is 239 Å². The molecule has 2 saturated heterocycles. The van der Waals surface area contributed by atoms with Gasteiger partial charge in [0.2, 0.25) is 5.91 Å². The van der Waals surface area contributed by atoms with Crippen molar-refractivity contribution < 1.29 is 18.8 Å². The number of carbonyl (C=O) groups excluding carboxylic acids is 3. The molecule has 1 saturated carbocycles. The van der Waals surface area contributed by atoms with Gasteiger partial charge in [0.15, 0.2) is 5.78 Å². The van der Waals surface area contributed by atoms with E-state index in [0.717, 1.165) is 18.4 Å². The van der Waals surface area contributed by atoms with Crippen LogP contribution in [-0.4, -0.2) is 74.7 Å². The third-order valence-electron chi connectivity index (χ3n) is 9.12. The van der Waals surface area contributed by atoms with Crippen LogP contribution in [0, 0.1) is 23.6 Å². The number of aromatic nitrogens is 2. The number of nitrogens with zero attached hydrogens (tertiary/aromatic N) is 4. The van der Waals surface area contributed by atoms with Crippen molar-refractivity contribution in [1.82, 2.24) is 24.7 Å². The number of piperidine rings is 2. The summed E-state index contributed by atoms with van der Waals surface area (Å²) in [5, 5.41) is 4.11. The van der Waals surface area contributed by atoms with Crippen molar-refractivity contribution in [3.8, 4) is 5.69 Å². The zero-order valence-electron chi connectivity index (χ0n) is 24.1.